The molecule has 0 radical (unpaired) electrons. The van der Waals surface area contributed by atoms with E-state index in [1.54, 1.807) is 7.11 Å². The van der Waals surface area contributed by atoms with Crippen LogP contribution in [-0.2, 0) is 0 Å². The van der Waals surface area contributed by atoms with Crippen LogP contribution in [0.4, 0.5) is 11.8 Å². The lowest BCUT2D eigenvalue weighted by atomic mass is 9.89. The van der Waals surface area contributed by atoms with Crippen molar-refractivity contribution in [1.82, 2.24) is 19.8 Å². The van der Waals surface area contributed by atoms with E-state index >= 15 is 0 Å². The molecule has 1 aliphatic carbocycles. The zero-order valence-electron chi connectivity index (χ0n) is 28.6. The van der Waals surface area contributed by atoms with Crippen LogP contribution in [0.3, 0.4) is 0 Å². The van der Waals surface area contributed by atoms with Crippen molar-refractivity contribution in [2.45, 2.75) is 116 Å². The first-order chi connectivity index (χ1) is 22.1. The Hall–Kier alpha value is -2.32. The van der Waals surface area contributed by atoms with E-state index in [4.69, 9.17) is 19.4 Å². The Kier molecular flexibility index (Phi) is 11.6. The summed E-state index contributed by atoms with van der Waals surface area (Å²) >= 11 is 0. The zero-order valence-corrected chi connectivity index (χ0v) is 28.6. The minimum absolute atomic E-state index is 0.418. The van der Waals surface area contributed by atoms with E-state index < -0.39 is 0 Å². The number of nitrogens with zero attached hydrogens (tertiary/aromatic N) is 5. The SMILES string of the molecule is COc1cc2c(NC3CCN(C4CCCCC4)CC3)nc(N3CCCC(C(C)C)CC3)nc2cc1OCCCN1CCCCC1. The highest BCUT2D eigenvalue weighted by atomic mass is 16.5. The summed E-state index contributed by atoms with van der Waals surface area (Å²) in [5.74, 6) is 4.86. The predicted molar refractivity (Wildman–Crippen MR) is 186 cm³/mol. The summed E-state index contributed by atoms with van der Waals surface area (Å²) in [6.07, 6.45) is 18.0. The third-order valence-electron chi connectivity index (χ3n) is 11.3. The number of benzene rings is 1. The fourth-order valence-electron chi connectivity index (χ4n) is 8.34. The number of aromatic nitrogens is 2. The number of ether oxygens (including phenoxy) is 2. The predicted octanol–water partition coefficient (Wildman–Crippen LogP) is 7.36. The molecule has 8 nitrogen and oxygen atoms in total. The van der Waals surface area contributed by atoms with Crippen LogP contribution >= 0.6 is 0 Å². The van der Waals surface area contributed by atoms with Crippen molar-refractivity contribution in [3.8, 4) is 11.5 Å². The van der Waals surface area contributed by atoms with Crippen molar-refractivity contribution in [3.63, 3.8) is 0 Å². The highest BCUT2D eigenvalue weighted by molar-refractivity contribution is 5.93. The van der Waals surface area contributed by atoms with Gasteiger partial charge in [-0.2, -0.15) is 4.98 Å². The van der Waals surface area contributed by atoms with Crippen LogP contribution < -0.4 is 19.7 Å². The molecule has 3 aliphatic heterocycles. The maximum Gasteiger partial charge on any atom is 0.227 e. The van der Waals surface area contributed by atoms with Gasteiger partial charge in [-0.1, -0.05) is 39.5 Å². The third-order valence-corrected chi connectivity index (χ3v) is 11.3. The Balaban J connectivity index is 1.20. The van der Waals surface area contributed by atoms with Crippen molar-refractivity contribution in [3.05, 3.63) is 12.1 Å². The van der Waals surface area contributed by atoms with Crippen LogP contribution in [0.1, 0.15) is 104 Å². The molecule has 4 heterocycles. The molecule has 4 aliphatic rings. The van der Waals surface area contributed by atoms with E-state index in [9.17, 15) is 0 Å². The van der Waals surface area contributed by atoms with Crippen LogP contribution in [0.15, 0.2) is 12.1 Å². The topological polar surface area (TPSA) is 66.0 Å². The van der Waals surface area contributed by atoms with E-state index in [-0.39, 0.29) is 0 Å². The number of likely N-dealkylation sites (tertiary alicyclic amines) is 2. The first kappa shape index (κ1) is 32.6. The van der Waals surface area contributed by atoms with Crippen LogP contribution in [0.5, 0.6) is 11.5 Å². The molecule has 2 aromatic rings. The number of methoxy groups -OCH3 is 1. The molecule has 0 spiro atoms. The fourth-order valence-corrected chi connectivity index (χ4v) is 8.34. The molecule has 1 atom stereocenters. The first-order valence-corrected chi connectivity index (χ1v) is 18.6. The van der Waals surface area contributed by atoms with Crippen LogP contribution in [0, 0.1) is 11.8 Å². The summed E-state index contributed by atoms with van der Waals surface area (Å²) in [4.78, 5) is 18.2. The largest absolute Gasteiger partial charge is 0.493 e. The Bertz CT molecular complexity index is 1200. The van der Waals surface area contributed by atoms with E-state index in [1.807, 2.05) is 0 Å². The average molecular weight is 621 g/mol. The van der Waals surface area contributed by atoms with Gasteiger partial charge in [-0.3, -0.25) is 0 Å². The Labute approximate surface area is 272 Å². The van der Waals surface area contributed by atoms with Crippen molar-refractivity contribution in [2.24, 2.45) is 11.8 Å². The minimum atomic E-state index is 0.418. The molecular formula is C37H60N6O2. The van der Waals surface area contributed by atoms with Gasteiger partial charge in [0, 0.05) is 56.3 Å². The van der Waals surface area contributed by atoms with Crippen molar-refractivity contribution >= 4 is 22.7 Å². The number of piperidine rings is 2. The van der Waals surface area contributed by atoms with Crippen LogP contribution in [0.2, 0.25) is 0 Å². The summed E-state index contributed by atoms with van der Waals surface area (Å²) in [6.45, 7) is 13.4. The normalized spacial score (nSPS) is 23.4. The van der Waals surface area contributed by atoms with Crippen molar-refractivity contribution < 1.29 is 9.47 Å². The van der Waals surface area contributed by atoms with E-state index in [2.05, 4.69) is 46.0 Å². The Morgan fingerprint density at radius 1 is 0.800 bits per heavy atom. The number of hydrogen-bond acceptors (Lipinski definition) is 8. The number of anilines is 2. The van der Waals surface area contributed by atoms with Gasteiger partial charge in [0.1, 0.15) is 5.82 Å². The standard InChI is InChI=1S/C37H60N6O2/c1-28(2)29-12-10-21-43(22-15-29)37-39-33-27-35(45-25-11-20-41-18-8-5-9-19-41)34(44-3)26-32(33)36(40-37)38-30-16-23-42(24-17-30)31-13-6-4-7-14-31/h26-31H,4-25H2,1-3H3,(H,38,39,40). The summed E-state index contributed by atoms with van der Waals surface area (Å²) in [5, 5.41) is 4.95. The first-order valence-electron chi connectivity index (χ1n) is 18.6. The number of hydrogen-bond donors (Lipinski definition) is 1. The molecule has 8 heteroatoms. The second-order valence-corrected chi connectivity index (χ2v) is 14.7. The van der Waals surface area contributed by atoms with E-state index in [0.717, 1.165) is 90.9 Å². The van der Waals surface area contributed by atoms with Gasteiger partial charge < -0.3 is 29.5 Å². The van der Waals surface area contributed by atoms with E-state index in [0.29, 0.717) is 12.6 Å². The summed E-state index contributed by atoms with van der Waals surface area (Å²) in [6, 6.07) is 5.43. The molecule has 4 fully saturated rings. The quantitative estimate of drug-likeness (QED) is 0.262. The van der Waals surface area contributed by atoms with Gasteiger partial charge in [-0.05, 0) is 95.2 Å². The molecule has 0 amide bonds. The van der Waals surface area contributed by atoms with Gasteiger partial charge in [0.25, 0.3) is 0 Å². The third kappa shape index (κ3) is 8.54. The zero-order chi connectivity index (χ0) is 31.0. The van der Waals surface area contributed by atoms with Crippen molar-refractivity contribution in [2.75, 3.05) is 69.7 Å². The Morgan fingerprint density at radius 2 is 1.58 bits per heavy atom. The average Bonchev–Trinajstić information content (AvgIpc) is 3.34. The maximum atomic E-state index is 6.38. The molecule has 1 unspecified atom stereocenters. The number of nitrogens with one attached hydrogen (secondary N) is 1. The minimum Gasteiger partial charge on any atom is -0.493 e. The molecule has 3 saturated heterocycles. The number of rotatable bonds is 11. The molecule has 1 aromatic carbocycles. The number of fused-ring (bicyclic) bond motifs is 1. The van der Waals surface area contributed by atoms with E-state index in [1.165, 1.54) is 96.8 Å². The molecule has 1 aromatic heterocycles. The van der Waals surface area contributed by atoms with Crippen molar-refractivity contribution in [1.29, 1.82) is 0 Å². The fraction of sp³-hybridized carbons (Fsp3) is 0.784. The smallest absolute Gasteiger partial charge is 0.227 e. The monoisotopic (exact) mass is 620 g/mol. The van der Waals surface area contributed by atoms with Crippen LogP contribution in [-0.4, -0.2) is 91.4 Å². The van der Waals surface area contributed by atoms with Gasteiger partial charge in [-0.25, -0.2) is 4.98 Å². The Morgan fingerprint density at radius 3 is 2.33 bits per heavy atom. The molecule has 250 valence electrons. The highest BCUT2D eigenvalue weighted by Gasteiger charge is 2.28. The lowest BCUT2D eigenvalue weighted by Crippen LogP contribution is -2.45. The molecular weight excluding hydrogens is 560 g/mol. The summed E-state index contributed by atoms with van der Waals surface area (Å²) in [5.41, 5.74) is 0.943. The molecule has 6 rings (SSSR count). The maximum absolute atomic E-state index is 6.38. The molecule has 1 saturated carbocycles. The molecule has 0 bridgehead atoms. The lowest BCUT2D eigenvalue weighted by molar-refractivity contribution is 0.126. The highest BCUT2D eigenvalue weighted by Crippen LogP contribution is 2.37. The lowest BCUT2D eigenvalue weighted by Gasteiger charge is -2.39. The summed E-state index contributed by atoms with van der Waals surface area (Å²) in [7, 11) is 1.74. The summed E-state index contributed by atoms with van der Waals surface area (Å²) < 4.78 is 12.3. The van der Waals surface area contributed by atoms with Crippen LogP contribution in [0.25, 0.3) is 10.9 Å². The molecule has 1 N–H and O–H groups in total. The van der Waals surface area contributed by atoms with Gasteiger partial charge in [0.05, 0.1) is 19.2 Å². The van der Waals surface area contributed by atoms with Gasteiger partial charge >= 0.3 is 0 Å². The van der Waals surface area contributed by atoms with Gasteiger partial charge in [0.15, 0.2) is 11.5 Å². The molecule has 45 heavy (non-hydrogen) atoms. The second kappa shape index (κ2) is 16.0. The van der Waals surface area contributed by atoms with Gasteiger partial charge in [-0.15, -0.1) is 0 Å². The second-order valence-electron chi connectivity index (χ2n) is 14.7. The van der Waals surface area contributed by atoms with Gasteiger partial charge in [0.2, 0.25) is 5.95 Å².